The van der Waals surface area contributed by atoms with Gasteiger partial charge in [0, 0.05) is 11.4 Å². The van der Waals surface area contributed by atoms with E-state index in [0.717, 1.165) is 15.2 Å². The Kier molecular flexibility index (Phi) is 4.15. The van der Waals surface area contributed by atoms with Gasteiger partial charge in [-0.1, -0.05) is 24.3 Å². The van der Waals surface area contributed by atoms with Gasteiger partial charge in [0.25, 0.3) is 11.6 Å². The Hall–Kier alpha value is -3.17. The van der Waals surface area contributed by atoms with Crippen LogP contribution >= 0.6 is 22.7 Å². The zero-order valence-electron chi connectivity index (χ0n) is 13.1. The van der Waals surface area contributed by atoms with Crippen LogP contribution < -0.4 is 5.32 Å². The van der Waals surface area contributed by atoms with Crippen molar-refractivity contribution in [1.29, 1.82) is 0 Å². The van der Waals surface area contributed by atoms with E-state index in [1.165, 1.54) is 40.9 Å². The molecule has 1 amide bonds. The summed E-state index contributed by atoms with van der Waals surface area (Å²) in [5, 5.41) is 16.6. The van der Waals surface area contributed by atoms with Crippen molar-refractivity contribution in [3.05, 3.63) is 69.6 Å². The van der Waals surface area contributed by atoms with Crippen LogP contribution in [0.1, 0.15) is 10.4 Å². The molecule has 0 bridgehead atoms. The van der Waals surface area contributed by atoms with Crippen LogP contribution in [0.25, 0.3) is 20.9 Å². The number of thiazole rings is 2. The van der Waals surface area contributed by atoms with Gasteiger partial charge in [0.15, 0.2) is 5.13 Å². The minimum absolute atomic E-state index is 0.00534. The van der Waals surface area contributed by atoms with Crippen molar-refractivity contribution in [3.8, 4) is 10.7 Å². The molecule has 0 radical (unpaired) electrons. The minimum Gasteiger partial charge on any atom is -0.298 e. The van der Waals surface area contributed by atoms with Crippen molar-refractivity contribution in [2.45, 2.75) is 0 Å². The number of nitro benzene ring substituents is 1. The first kappa shape index (κ1) is 16.3. The standard InChI is InChI=1S/C17H10N4O3S2/c22-15(10-5-1-3-7-13(10)21(23)24)20-17-19-12(9-25-17)16-18-11-6-2-4-8-14(11)26-16/h1-9H,(H,19,20,22). The Balaban J connectivity index is 1.59. The second-order valence-corrected chi connectivity index (χ2v) is 7.14. The number of amides is 1. The Morgan fingerprint density at radius 2 is 1.85 bits per heavy atom. The summed E-state index contributed by atoms with van der Waals surface area (Å²) in [5.74, 6) is -0.567. The molecule has 4 aromatic rings. The highest BCUT2D eigenvalue weighted by molar-refractivity contribution is 7.22. The van der Waals surface area contributed by atoms with Gasteiger partial charge in [0.1, 0.15) is 16.3 Å². The molecule has 2 heterocycles. The molecule has 0 aliphatic rings. The van der Waals surface area contributed by atoms with E-state index in [9.17, 15) is 14.9 Å². The topological polar surface area (TPSA) is 98.0 Å². The summed E-state index contributed by atoms with van der Waals surface area (Å²) >= 11 is 2.76. The average Bonchev–Trinajstić information content (AvgIpc) is 3.28. The van der Waals surface area contributed by atoms with Crippen molar-refractivity contribution < 1.29 is 9.72 Å². The zero-order chi connectivity index (χ0) is 18.1. The van der Waals surface area contributed by atoms with E-state index in [2.05, 4.69) is 15.3 Å². The zero-order valence-corrected chi connectivity index (χ0v) is 14.7. The molecule has 2 aromatic heterocycles. The predicted molar refractivity (Wildman–Crippen MR) is 102 cm³/mol. The van der Waals surface area contributed by atoms with Crippen LogP contribution in [0.15, 0.2) is 53.9 Å². The number of nitro groups is 1. The molecule has 2 aromatic carbocycles. The lowest BCUT2D eigenvalue weighted by molar-refractivity contribution is -0.385. The molecule has 0 spiro atoms. The number of benzene rings is 2. The number of carbonyl (C=O) groups excluding carboxylic acids is 1. The summed E-state index contributed by atoms with van der Waals surface area (Å²) in [4.78, 5) is 31.8. The SMILES string of the molecule is O=C(Nc1nc(-c2nc3ccccc3s2)cs1)c1ccccc1[N+](=O)[O-]. The number of carbonyl (C=O) groups is 1. The molecule has 0 fully saturated rings. The minimum atomic E-state index is -0.580. The maximum absolute atomic E-state index is 12.4. The molecule has 0 aliphatic heterocycles. The fourth-order valence-electron chi connectivity index (χ4n) is 2.40. The summed E-state index contributed by atoms with van der Waals surface area (Å²) in [6, 6.07) is 13.6. The molecule has 0 saturated heterocycles. The first-order valence-electron chi connectivity index (χ1n) is 7.48. The molecule has 0 atom stereocenters. The van der Waals surface area contributed by atoms with Crippen LogP contribution in [0, 0.1) is 10.1 Å². The van der Waals surface area contributed by atoms with Gasteiger partial charge in [0.05, 0.1) is 15.1 Å². The molecule has 0 aliphatic carbocycles. The summed E-state index contributed by atoms with van der Waals surface area (Å²) in [6.07, 6.45) is 0. The lowest BCUT2D eigenvalue weighted by Gasteiger charge is -2.02. The molecule has 9 heteroatoms. The van der Waals surface area contributed by atoms with Gasteiger partial charge in [-0.25, -0.2) is 9.97 Å². The Morgan fingerprint density at radius 3 is 2.65 bits per heavy atom. The molecular weight excluding hydrogens is 372 g/mol. The van der Waals surface area contributed by atoms with Crippen molar-refractivity contribution in [2.24, 2.45) is 0 Å². The first-order chi connectivity index (χ1) is 12.6. The van der Waals surface area contributed by atoms with Crippen molar-refractivity contribution in [1.82, 2.24) is 9.97 Å². The number of hydrogen-bond acceptors (Lipinski definition) is 7. The van der Waals surface area contributed by atoms with Crippen LogP contribution in [0.2, 0.25) is 0 Å². The van der Waals surface area contributed by atoms with Crippen LogP contribution in [-0.4, -0.2) is 20.8 Å². The van der Waals surface area contributed by atoms with E-state index < -0.39 is 10.8 Å². The van der Waals surface area contributed by atoms with E-state index >= 15 is 0 Å². The number of nitrogens with zero attached hydrogens (tertiary/aromatic N) is 3. The number of anilines is 1. The second-order valence-electron chi connectivity index (χ2n) is 5.25. The number of para-hydroxylation sites is 2. The predicted octanol–water partition coefficient (Wildman–Crippen LogP) is 4.58. The van der Waals surface area contributed by atoms with Gasteiger partial charge in [-0.05, 0) is 18.2 Å². The van der Waals surface area contributed by atoms with E-state index in [1.54, 1.807) is 11.4 Å². The number of rotatable bonds is 4. The molecule has 26 heavy (non-hydrogen) atoms. The Morgan fingerprint density at radius 1 is 1.08 bits per heavy atom. The molecular formula is C17H10N4O3S2. The van der Waals surface area contributed by atoms with E-state index in [4.69, 9.17) is 0 Å². The van der Waals surface area contributed by atoms with Crippen molar-refractivity contribution in [3.63, 3.8) is 0 Å². The molecule has 1 N–H and O–H groups in total. The Labute approximate surface area is 155 Å². The average molecular weight is 382 g/mol. The highest BCUT2D eigenvalue weighted by atomic mass is 32.1. The summed E-state index contributed by atoms with van der Waals surface area (Å²) in [5.41, 5.74) is 1.31. The van der Waals surface area contributed by atoms with Gasteiger partial charge in [-0.2, -0.15) is 0 Å². The van der Waals surface area contributed by atoms with Gasteiger partial charge in [0.2, 0.25) is 0 Å². The van der Waals surface area contributed by atoms with E-state index in [1.807, 2.05) is 24.3 Å². The smallest absolute Gasteiger partial charge is 0.282 e. The summed E-state index contributed by atoms with van der Waals surface area (Å²) in [6.45, 7) is 0. The lowest BCUT2D eigenvalue weighted by atomic mass is 10.1. The largest absolute Gasteiger partial charge is 0.298 e. The van der Waals surface area contributed by atoms with E-state index in [-0.39, 0.29) is 11.3 Å². The molecule has 128 valence electrons. The van der Waals surface area contributed by atoms with Gasteiger partial charge in [-0.15, -0.1) is 22.7 Å². The highest BCUT2D eigenvalue weighted by Crippen LogP contribution is 2.32. The number of hydrogen-bond donors (Lipinski definition) is 1. The van der Waals surface area contributed by atoms with Gasteiger partial charge >= 0.3 is 0 Å². The van der Waals surface area contributed by atoms with Crippen LogP contribution in [0.5, 0.6) is 0 Å². The molecule has 7 nitrogen and oxygen atoms in total. The summed E-state index contributed by atoms with van der Waals surface area (Å²) < 4.78 is 1.06. The molecule has 0 unspecified atom stereocenters. The monoisotopic (exact) mass is 382 g/mol. The number of nitrogens with one attached hydrogen (secondary N) is 1. The fourth-order valence-corrected chi connectivity index (χ4v) is 4.09. The third-order valence-electron chi connectivity index (χ3n) is 3.58. The van der Waals surface area contributed by atoms with E-state index in [0.29, 0.717) is 10.8 Å². The van der Waals surface area contributed by atoms with Crippen LogP contribution in [-0.2, 0) is 0 Å². The molecule has 4 rings (SSSR count). The van der Waals surface area contributed by atoms with Crippen molar-refractivity contribution >= 4 is 49.6 Å². The number of aromatic nitrogens is 2. The Bertz CT molecular complexity index is 1100. The quantitative estimate of drug-likeness (QED) is 0.411. The summed E-state index contributed by atoms with van der Waals surface area (Å²) in [7, 11) is 0. The maximum atomic E-state index is 12.4. The second kappa shape index (κ2) is 6.62. The van der Waals surface area contributed by atoms with Gasteiger partial charge < -0.3 is 0 Å². The van der Waals surface area contributed by atoms with Crippen LogP contribution in [0.4, 0.5) is 10.8 Å². The highest BCUT2D eigenvalue weighted by Gasteiger charge is 2.20. The first-order valence-corrected chi connectivity index (χ1v) is 9.17. The van der Waals surface area contributed by atoms with Crippen molar-refractivity contribution in [2.75, 3.05) is 5.32 Å². The fraction of sp³-hybridized carbons (Fsp3) is 0. The number of fused-ring (bicyclic) bond motifs is 1. The molecule has 0 saturated carbocycles. The lowest BCUT2D eigenvalue weighted by Crippen LogP contribution is -2.13. The van der Waals surface area contributed by atoms with Gasteiger partial charge in [-0.3, -0.25) is 20.2 Å². The van der Waals surface area contributed by atoms with Crippen LogP contribution in [0.3, 0.4) is 0 Å². The normalized spacial score (nSPS) is 10.8. The third kappa shape index (κ3) is 3.05. The maximum Gasteiger partial charge on any atom is 0.282 e. The third-order valence-corrected chi connectivity index (χ3v) is 5.40.